The van der Waals surface area contributed by atoms with E-state index in [0.717, 1.165) is 36.3 Å². The standard InChI is InChI=1S/C23H25N5O4/c1-27-6-5-14-8-21(31-2)20(7-16(14)11-27)26-22-24-10-15-3-4-17(9-19(15)25-22)28-12-18(13-29)32-23(28)30/h3-4,7-10,18,29H,5-6,11-13H2,1-2H3,(H,24,25,26)/t18-/m1/s1. The monoisotopic (exact) mass is 435 g/mol. The average Bonchev–Trinajstić information content (AvgIpc) is 3.19. The van der Waals surface area contributed by atoms with Crippen molar-refractivity contribution in [3.63, 3.8) is 0 Å². The molecule has 3 aromatic rings. The van der Waals surface area contributed by atoms with Crippen molar-refractivity contribution in [2.75, 3.05) is 44.1 Å². The van der Waals surface area contributed by atoms with E-state index in [1.54, 1.807) is 13.3 Å². The summed E-state index contributed by atoms with van der Waals surface area (Å²) in [4.78, 5) is 25.0. The molecule has 1 atom stereocenters. The van der Waals surface area contributed by atoms with E-state index in [-0.39, 0.29) is 6.61 Å². The lowest BCUT2D eigenvalue weighted by molar-refractivity contribution is 0.0963. The summed E-state index contributed by atoms with van der Waals surface area (Å²) in [5.74, 6) is 1.19. The summed E-state index contributed by atoms with van der Waals surface area (Å²) in [5, 5.41) is 13.4. The second-order valence-electron chi connectivity index (χ2n) is 8.17. The minimum Gasteiger partial charge on any atom is -0.495 e. The SMILES string of the molecule is COc1cc2c(cc1Nc1ncc3ccc(N4C[C@H](CO)OC4=O)cc3n1)CN(C)CC2. The van der Waals surface area contributed by atoms with E-state index >= 15 is 0 Å². The van der Waals surface area contributed by atoms with Crippen LogP contribution in [-0.4, -0.2) is 66.0 Å². The summed E-state index contributed by atoms with van der Waals surface area (Å²) >= 11 is 0. The Morgan fingerprint density at radius 2 is 2.16 bits per heavy atom. The van der Waals surface area contributed by atoms with Crippen molar-refractivity contribution in [1.82, 2.24) is 14.9 Å². The number of hydrogen-bond acceptors (Lipinski definition) is 8. The topological polar surface area (TPSA) is 100 Å². The lowest BCUT2D eigenvalue weighted by atomic mass is 9.99. The van der Waals surface area contributed by atoms with E-state index in [4.69, 9.17) is 9.47 Å². The van der Waals surface area contributed by atoms with Gasteiger partial charge in [-0.3, -0.25) is 4.90 Å². The number of ether oxygens (including phenoxy) is 2. The molecule has 32 heavy (non-hydrogen) atoms. The molecule has 2 aliphatic rings. The van der Waals surface area contributed by atoms with Gasteiger partial charge in [-0.15, -0.1) is 0 Å². The van der Waals surface area contributed by atoms with Crippen LogP contribution in [-0.2, 0) is 17.7 Å². The van der Waals surface area contributed by atoms with Crippen molar-refractivity contribution in [3.05, 3.63) is 47.7 Å². The van der Waals surface area contributed by atoms with Crippen LogP contribution in [0.4, 0.5) is 22.1 Å². The fourth-order valence-electron chi connectivity index (χ4n) is 4.18. The van der Waals surface area contributed by atoms with Crippen LogP contribution in [0.25, 0.3) is 10.9 Å². The second kappa shape index (κ2) is 8.25. The molecular weight excluding hydrogens is 410 g/mol. The van der Waals surface area contributed by atoms with E-state index in [1.807, 2.05) is 18.2 Å². The van der Waals surface area contributed by atoms with E-state index in [1.165, 1.54) is 16.0 Å². The van der Waals surface area contributed by atoms with Crippen molar-refractivity contribution in [1.29, 1.82) is 0 Å². The Bertz CT molecular complexity index is 1180. The maximum absolute atomic E-state index is 12.1. The molecular formula is C23H25N5O4. The number of cyclic esters (lactones) is 1. The normalized spacial score (nSPS) is 18.5. The minimum absolute atomic E-state index is 0.204. The summed E-state index contributed by atoms with van der Waals surface area (Å²) < 4.78 is 10.8. The van der Waals surface area contributed by atoms with Gasteiger partial charge in [0.15, 0.2) is 0 Å². The summed E-state index contributed by atoms with van der Waals surface area (Å²) in [6.07, 6.45) is 1.75. The van der Waals surface area contributed by atoms with Gasteiger partial charge in [-0.05, 0) is 54.9 Å². The molecule has 3 heterocycles. The Morgan fingerprint density at radius 1 is 1.28 bits per heavy atom. The Kier molecular flexibility index (Phi) is 5.28. The van der Waals surface area contributed by atoms with Crippen molar-refractivity contribution in [2.45, 2.75) is 19.1 Å². The number of amides is 1. The summed E-state index contributed by atoms with van der Waals surface area (Å²) in [5.41, 5.74) is 4.73. The molecule has 0 radical (unpaired) electrons. The zero-order valence-electron chi connectivity index (χ0n) is 18.0. The molecule has 1 amide bonds. The third-order valence-corrected chi connectivity index (χ3v) is 5.93. The molecule has 0 unspecified atom stereocenters. The first-order valence-electron chi connectivity index (χ1n) is 10.5. The lowest BCUT2D eigenvalue weighted by Crippen LogP contribution is -2.26. The molecule has 0 aliphatic carbocycles. The van der Waals surface area contributed by atoms with Gasteiger partial charge < -0.3 is 24.8 Å². The Hall–Kier alpha value is -3.43. The number of benzene rings is 2. The van der Waals surface area contributed by atoms with Crippen LogP contribution in [0, 0.1) is 0 Å². The highest BCUT2D eigenvalue weighted by molar-refractivity contribution is 5.93. The predicted octanol–water partition coefficient (Wildman–Crippen LogP) is 2.69. The molecule has 9 heteroatoms. The third-order valence-electron chi connectivity index (χ3n) is 5.93. The number of aromatic nitrogens is 2. The minimum atomic E-state index is -0.517. The van der Waals surface area contributed by atoms with Crippen LogP contribution in [0.5, 0.6) is 5.75 Å². The van der Waals surface area contributed by atoms with Gasteiger partial charge >= 0.3 is 6.09 Å². The zero-order valence-corrected chi connectivity index (χ0v) is 18.0. The van der Waals surface area contributed by atoms with Crippen LogP contribution < -0.4 is 15.0 Å². The number of likely N-dealkylation sites (N-methyl/N-ethyl adjacent to an activating group) is 1. The number of anilines is 3. The first-order chi connectivity index (χ1) is 15.5. The predicted molar refractivity (Wildman–Crippen MR) is 121 cm³/mol. The average molecular weight is 435 g/mol. The molecule has 1 aromatic heterocycles. The Balaban J connectivity index is 1.45. The number of hydrogen-bond donors (Lipinski definition) is 2. The molecule has 2 aromatic carbocycles. The molecule has 1 fully saturated rings. The highest BCUT2D eigenvalue weighted by Gasteiger charge is 2.32. The lowest BCUT2D eigenvalue weighted by Gasteiger charge is -2.26. The summed E-state index contributed by atoms with van der Waals surface area (Å²) in [6.45, 7) is 2.02. The fraction of sp³-hybridized carbons (Fsp3) is 0.348. The smallest absolute Gasteiger partial charge is 0.414 e. The number of rotatable bonds is 5. The van der Waals surface area contributed by atoms with Crippen LogP contribution in [0.15, 0.2) is 36.5 Å². The second-order valence-corrected chi connectivity index (χ2v) is 8.17. The largest absolute Gasteiger partial charge is 0.495 e. The molecule has 0 saturated carbocycles. The zero-order chi connectivity index (χ0) is 22.2. The van der Waals surface area contributed by atoms with Crippen molar-refractivity contribution in [3.8, 4) is 5.75 Å². The first-order valence-corrected chi connectivity index (χ1v) is 10.5. The van der Waals surface area contributed by atoms with E-state index in [9.17, 15) is 9.90 Å². The van der Waals surface area contributed by atoms with Gasteiger partial charge in [-0.2, -0.15) is 0 Å². The molecule has 166 valence electrons. The maximum Gasteiger partial charge on any atom is 0.414 e. The number of nitrogens with zero attached hydrogens (tertiary/aromatic N) is 4. The van der Waals surface area contributed by atoms with Crippen LogP contribution in [0.3, 0.4) is 0 Å². The number of aliphatic hydroxyl groups is 1. The van der Waals surface area contributed by atoms with Gasteiger partial charge in [0.25, 0.3) is 0 Å². The quantitative estimate of drug-likeness (QED) is 0.631. The van der Waals surface area contributed by atoms with Crippen LogP contribution in [0.2, 0.25) is 0 Å². The number of carbonyl (C=O) groups is 1. The number of methoxy groups -OCH3 is 1. The number of carbonyl (C=O) groups excluding carboxylic acids is 1. The molecule has 5 rings (SSSR count). The van der Waals surface area contributed by atoms with Gasteiger partial charge in [0.2, 0.25) is 5.95 Å². The van der Waals surface area contributed by atoms with E-state index in [2.05, 4.69) is 39.4 Å². The van der Waals surface area contributed by atoms with Gasteiger partial charge in [-0.25, -0.2) is 14.8 Å². The van der Waals surface area contributed by atoms with Gasteiger partial charge in [0.1, 0.15) is 11.9 Å². The molecule has 0 bridgehead atoms. The summed E-state index contributed by atoms with van der Waals surface area (Å²) in [6, 6.07) is 9.69. The van der Waals surface area contributed by atoms with Crippen molar-refractivity contribution in [2.24, 2.45) is 0 Å². The maximum atomic E-state index is 12.1. The van der Waals surface area contributed by atoms with E-state index in [0.29, 0.717) is 23.7 Å². The van der Waals surface area contributed by atoms with Crippen molar-refractivity contribution < 1.29 is 19.4 Å². The molecule has 1 saturated heterocycles. The Labute approximate surface area is 185 Å². The van der Waals surface area contributed by atoms with Crippen LogP contribution >= 0.6 is 0 Å². The summed E-state index contributed by atoms with van der Waals surface area (Å²) in [7, 11) is 3.77. The van der Waals surface area contributed by atoms with Crippen LogP contribution in [0.1, 0.15) is 11.1 Å². The Morgan fingerprint density at radius 3 is 2.94 bits per heavy atom. The highest BCUT2D eigenvalue weighted by atomic mass is 16.6. The fourth-order valence-corrected chi connectivity index (χ4v) is 4.18. The number of fused-ring (bicyclic) bond motifs is 2. The van der Waals surface area contributed by atoms with Gasteiger partial charge in [0.05, 0.1) is 31.5 Å². The molecule has 2 N–H and O–H groups in total. The third kappa shape index (κ3) is 3.80. The highest BCUT2D eigenvalue weighted by Crippen LogP contribution is 2.33. The van der Waals surface area contributed by atoms with Gasteiger partial charge in [-0.1, -0.05) is 0 Å². The van der Waals surface area contributed by atoms with Gasteiger partial charge in [0, 0.05) is 30.4 Å². The van der Waals surface area contributed by atoms with E-state index < -0.39 is 12.2 Å². The molecule has 0 spiro atoms. The van der Waals surface area contributed by atoms with Crippen molar-refractivity contribution >= 4 is 34.3 Å². The molecule has 2 aliphatic heterocycles. The number of aliphatic hydroxyl groups excluding tert-OH is 1. The first kappa shape index (κ1) is 20.5. The molecule has 9 nitrogen and oxygen atoms in total. The number of nitrogens with one attached hydrogen (secondary N) is 1.